The Labute approximate surface area is 159 Å². The van der Waals surface area contributed by atoms with Gasteiger partial charge in [-0.1, -0.05) is 57.4 Å². The van der Waals surface area contributed by atoms with Crippen molar-refractivity contribution in [3.05, 3.63) is 35.4 Å². The number of hydrogen-bond donors (Lipinski definition) is 2. The van der Waals surface area contributed by atoms with Crippen molar-refractivity contribution in [2.24, 2.45) is 11.8 Å². The van der Waals surface area contributed by atoms with Crippen LogP contribution in [0.25, 0.3) is 0 Å². The van der Waals surface area contributed by atoms with E-state index in [1.54, 1.807) is 0 Å². The molecule has 0 amide bonds. The minimum atomic E-state index is -2.35. The van der Waals surface area contributed by atoms with Crippen molar-refractivity contribution in [3.8, 4) is 0 Å². The molecule has 2 N–H and O–H groups in total. The van der Waals surface area contributed by atoms with E-state index in [1.165, 1.54) is 50.9 Å². The van der Waals surface area contributed by atoms with Crippen LogP contribution in [-0.2, 0) is 16.7 Å². The Balaban J connectivity index is 1.56. The van der Waals surface area contributed by atoms with Gasteiger partial charge in [-0.3, -0.25) is 4.21 Å². The zero-order valence-corrected chi connectivity index (χ0v) is 16.6. The molecule has 0 bridgehead atoms. The van der Waals surface area contributed by atoms with Crippen LogP contribution in [0.3, 0.4) is 0 Å². The Morgan fingerprint density at radius 3 is 2.73 bits per heavy atom. The molecule has 2 aliphatic rings. The van der Waals surface area contributed by atoms with E-state index in [9.17, 15) is 13.9 Å². The fraction of sp³-hybridized carbons (Fsp3) is 0.700. The molecule has 1 saturated carbocycles. The fourth-order valence-electron chi connectivity index (χ4n) is 4.68. The summed E-state index contributed by atoms with van der Waals surface area (Å²) in [6.07, 6.45) is 4.44. The van der Waals surface area contributed by atoms with Gasteiger partial charge in [-0.15, -0.1) is 0 Å². The monoisotopic (exact) mass is 379 g/mol. The van der Waals surface area contributed by atoms with Gasteiger partial charge in [-0.25, -0.2) is 4.72 Å². The van der Waals surface area contributed by atoms with E-state index < -0.39 is 17.4 Å². The van der Waals surface area contributed by atoms with E-state index in [0.29, 0.717) is 11.8 Å². The predicted octanol–water partition coefficient (Wildman–Crippen LogP) is 2.50. The highest BCUT2D eigenvalue weighted by Crippen LogP contribution is 2.63. The van der Waals surface area contributed by atoms with Crippen LogP contribution in [0.15, 0.2) is 24.3 Å². The van der Waals surface area contributed by atoms with Crippen LogP contribution in [0.1, 0.15) is 56.8 Å². The molecule has 1 heterocycles. The van der Waals surface area contributed by atoms with Gasteiger partial charge in [0.2, 0.25) is 0 Å². The maximum atomic E-state index is 10.6. The third-order valence-corrected chi connectivity index (χ3v) is 6.85. The molecule has 1 aliphatic carbocycles. The Morgan fingerprint density at radius 2 is 2.08 bits per heavy atom. The second kappa shape index (κ2) is 8.48. The van der Waals surface area contributed by atoms with Gasteiger partial charge in [0.1, 0.15) is 0 Å². The lowest BCUT2D eigenvalue weighted by Gasteiger charge is -2.25. The lowest BCUT2D eigenvalue weighted by Crippen LogP contribution is -2.30. The van der Waals surface area contributed by atoms with Crippen molar-refractivity contribution >= 4 is 11.3 Å². The van der Waals surface area contributed by atoms with Crippen molar-refractivity contribution in [2.45, 2.75) is 51.0 Å². The lowest BCUT2D eigenvalue weighted by molar-refractivity contribution is 0.181. The summed E-state index contributed by atoms with van der Waals surface area (Å²) >= 11 is -2.35. The van der Waals surface area contributed by atoms with Gasteiger partial charge in [-0.2, -0.15) is 0 Å². The molecular formula is C20H31N2O3S-. The molecule has 1 aromatic carbocycles. The predicted molar refractivity (Wildman–Crippen MR) is 103 cm³/mol. The lowest BCUT2D eigenvalue weighted by atomic mass is 9.90. The molecule has 26 heavy (non-hydrogen) atoms. The Kier molecular flexibility index (Phi) is 6.51. The van der Waals surface area contributed by atoms with Gasteiger partial charge in [0.15, 0.2) is 0 Å². The zero-order chi connectivity index (χ0) is 18.7. The summed E-state index contributed by atoms with van der Waals surface area (Å²) < 4.78 is 23.5. The quantitative estimate of drug-likeness (QED) is 0.484. The Hall–Kier alpha value is -0.790. The number of aliphatic hydroxyl groups excluding tert-OH is 1. The highest BCUT2D eigenvalue weighted by molar-refractivity contribution is 7.77. The minimum Gasteiger partial charge on any atom is -0.760 e. The number of nitrogens with one attached hydrogen (secondary N) is 1. The standard InChI is InChI=1S/C20H32N2O3S/c1-3-4-5-6-10-22-13-17-18(14-22)20(17,2)16-9-7-8-15(11-16)19(23)12-21-26(24)25/h7-9,11,17-19,21,23H,3-6,10,12-14H2,1-2H3,(H,24,25)/p-1. The second-order valence-corrected chi connectivity index (χ2v) is 8.80. The van der Waals surface area contributed by atoms with Crippen LogP contribution in [0.5, 0.6) is 0 Å². The molecule has 1 aliphatic heterocycles. The first-order valence-corrected chi connectivity index (χ1v) is 10.9. The molecule has 0 radical (unpaired) electrons. The average molecular weight is 380 g/mol. The molecule has 0 aromatic heterocycles. The number of unbranched alkanes of at least 4 members (excludes halogenated alkanes) is 3. The summed E-state index contributed by atoms with van der Waals surface area (Å²) in [7, 11) is 0. The van der Waals surface area contributed by atoms with Gasteiger partial charge >= 0.3 is 0 Å². The molecule has 0 spiro atoms. The highest BCUT2D eigenvalue weighted by atomic mass is 32.2. The number of aliphatic hydroxyl groups is 1. The molecule has 146 valence electrons. The maximum Gasteiger partial charge on any atom is 0.0924 e. The van der Waals surface area contributed by atoms with E-state index >= 15 is 0 Å². The SMILES string of the molecule is CCCCCCN1CC2C(C1)C2(C)c1cccc(C(O)CNS(=O)[O-])c1. The van der Waals surface area contributed by atoms with Crippen molar-refractivity contribution in [2.75, 3.05) is 26.2 Å². The van der Waals surface area contributed by atoms with E-state index in [2.05, 4.69) is 35.6 Å². The molecule has 1 aromatic rings. The molecule has 4 atom stereocenters. The summed E-state index contributed by atoms with van der Waals surface area (Å²) in [5, 5.41) is 10.2. The van der Waals surface area contributed by atoms with Crippen molar-refractivity contribution in [1.29, 1.82) is 0 Å². The molecule has 5 nitrogen and oxygen atoms in total. The number of nitrogens with zero attached hydrogens (tertiary/aromatic N) is 1. The largest absolute Gasteiger partial charge is 0.760 e. The number of rotatable bonds is 10. The van der Waals surface area contributed by atoms with Gasteiger partial charge in [-0.05, 0) is 35.9 Å². The maximum absolute atomic E-state index is 10.6. The highest BCUT2D eigenvalue weighted by Gasteiger charge is 2.65. The van der Waals surface area contributed by atoms with Crippen LogP contribution in [0.4, 0.5) is 0 Å². The molecule has 6 heteroatoms. The van der Waals surface area contributed by atoms with Gasteiger partial charge < -0.3 is 14.6 Å². The molecule has 2 fully saturated rings. The minimum absolute atomic E-state index is 0.00860. The number of fused-ring (bicyclic) bond motifs is 1. The fourth-order valence-corrected chi connectivity index (χ4v) is 4.98. The Morgan fingerprint density at radius 1 is 1.35 bits per heavy atom. The van der Waals surface area contributed by atoms with Crippen LogP contribution in [0, 0.1) is 11.8 Å². The summed E-state index contributed by atoms with van der Waals surface area (Å²) in [4.78, 5) is 2.61. The topological polar surface area (TPSA) is 75.6 Å². The van der Waals surface area contributed by atoms with Gasteiger partial charge in [0.25, 0.3) is 0 Å². The first-order valence-electron chi connectivity index (χ1n) is 9.80. The smallest absolute Gasteiger partial charge is 0.0924 e. The van der Waals surface area contributed by atoms with Crippen LogP contribution >= 0.6 is 0 Å². The first kappa shape index (κ1) is 20.0. The third-order valence-electron chi connectivity index (χ3n) is 6.44. The van der Waals surface area contributed by atoms with E-state index in [4.69, 9.17) is 0 Å². The summed E-state index contributed by atoms with van der Waals surface area (Å²) in [6, 6.07) is 8.05. The molecule has 4 unspecified atom stereocenters. The normalized spacial score (nSPS) is 30.2. The summed E-state index contributed by atoms with van der Waals surface area (Å²) in [6.45, 7) is 8.17. The van der Waals surface area contributed by atoms with Gasteiger partial charge in [0.05, 0.1) is 6.10 Å². The number of benzene rings is 1. The third kappa shape index (κ3) is 4.20. The van der Waals surface area contributed by atoms with Crippen LogP contribution in [-0.4, -0.2) is 44.9 Å². The van der Waals surface area contributed by atoms with Crippen LogP contribution in [0.2, 0.25) is 0 Å². The molecular weight excluding hydrogens is 348 g/mol. The zero-order valence-electron chi connectivity index (χ0n) is 15.8. The average Bonchev–Trinajstić information content (AvgIpc) is 2.98. The van der Waals surface area contributed by atoms with Crippen molar-refractivity contribution in [3.63, 3.8) is 0 Å². The Bertz CT molecular complexity index is 627. The van der Waals surface area contributed by atoms with Gasteiger partial charge in [0, 0.05) is 36.3 Å². The summed E-state index contributed by atoms with van der Waals surface area (Å²) in [5.41, 5.74) is 2.26. The van der Waals surface area contributed by atoms with Crippen molar-refractivity contribution < 1.29 is 13.9 Å². The van der Waals surface area contributed by atoms with E-state index in [0.717, 1.165) is 5.56 Å². The van der Waals surface area contributed by atoms with Crippen LogP contribution < -0.4 is 4.72 Å². The molecule has 3 rings (SSSR count). The second-order valence-electron chi connectivity index (χ2n) is 8.04. The van der Waals surface area contributed by atoms with E-state index in [-0.39, 0.29) is 12.0 Å². The van der Waals surface area contributed by atoms with E-state index in [1.807, 2.05) is 12.1 Å². The number of likely N-dealkylation sites (tertiary alicyclic amines) is 1. The van der Waals surface area contributed by atoms with Crippen molar-refractivity contribution in [1.82, 2.24) is 9.62 Å². The number of piperidine rings is 1. The summed E-state index contributed by atoms with van der Waals surface area (Å²) in [5.74, 6) is 1.40. The molecule has 1 saturated heterocycles. The number of hydrogen-bond acceptors (Lipinski definition) is 4. The first-order chi connectivity index (χ1) is 12.5.